The lowest BCUT2D eigenvalue weighted by atomic mass is 9.75. The molecule has 2 N–H and O–H groups in total. The predicted octanol–water partition coefficient (Wildman–Crippen LogP) is 3.80. The molecule has 2 aromatic rings. The van der Waals surface area contributed by atoms with Gasteiger partial charge in [-0.05, 0) is 36.5 Å². The van der Waals surface area contributed by atoms with Crippen molar-refractivity contribution in [1.82, 2.24) is 10.3 Å². The second-order valence-electron chi connectivity index (χ2n) is 6.18. The summed E-state index contributed by atoms with van der Waals surface area (Å²) < 4.78 is 37.7. The summed E-state index contributed by atoms with van der Waals surface area (Å²) in [6.45, 7) is 1.36. The number of alkyl halides is 3. The number of carbonyl (C=O) groups is 2. The second kappa shape index (κ2) is 7.06. The van der Waals surface area contributed by atoms with Crippen molar-refractivity contribution in [2.75, 3.05) is 5.32 Å². The quantitative estimate of drug-likeness (QED) is 0.844. The zero-order valence-corrected chi connectivity index (χ0v) is 14.6. The molecule has 0 radical (unpaired) electrons. The molecule has 3 rings (SSSR count). The zero-order valence-electron chi connectivity index (χ0n) is 13.8. The van der Waals surface area contributed by atoms with Crippen LogP contribution in [0.5, 0.6) is 0 Å². The van der Waals surface area contributed by atoms with E-state index in [1.54, 1.807) is 5.38 Å². The third kappa shape index (κ3) is 4.21. The van der Waals surface area contributed by atoms with E-state index < -0.39 is 11.7 Å². The van der Waals surface area contributed by atoms with Gasteiger partial charge in [-0.15, -0.1) is 11.3 Å². The molecule has 0 spiro atoms. The van der Waals surface area contributed by atoms with Gasteiger partial charge in [-0.3, -0.25) is 9.59 Å². The van der Waals surface area contributed by atoms with E-state index in [1.807, 2.05) is 0 Å². The van der Waals surface area contributed by atoms with Gasteiger partial charge in [0.2, 0.25) is 5.91 Å². The molecule has 0 atom stereocenters. The summed E-state index contributed by atoms with van der Waals surface area (Å²) in [6, 6.07) is 5.11. The van der Waals surface area contributed by atoms with E-state index in [4.69, 9.17) is 0 Å². The number of amides is 2. The first kappa shape index (κ1) is 18.4. The van der Waals surface area contributed by atoms with Crippen LogP contribution in [0.2, 0.25) is 0 Å². The molecule has 1 aliphatic rings. The van der Waals surface area contributed by atoms with Crippen LogP contribution in [-0.2, 0) is 11.0 Å². The Labute approximate surface area is 151 Å². The van der Waals surface area contributed by atoms with Gasteiger partial charge in [-0.25, -0.2) is 4.98 Å². The Balaban J connectivity index is 1.51. The maximum absolute atomic E-state index is 12.6. The molecule has 2 amide bonds. The van der Waals surface area contributed by atoms with Gasteiger partial charge in [-0.1, -0.05) is 12.1 Å². The summed E-state index contributed by atoms with van der Waals surface area (Å²) in [5, 5.41) is 7.28. The lowest BCUT2D eigenvalue weighted by Gasteiger charge is -2.36. The minimum absolute atomic E-state index is 0.0410. The van der Waals surface area contributed by atoms with Crippen LogP contribution in [0.4, 0.5) is 18.3 Å². The van der Waals surface area contributed by atoms with E-state index in [9.17, 15) is 22.8 Å². The van der Waals surface area contributed by atoms with Gasteiger partial charge < -0.3 is 10.6 Å². The highest BCUT2D eigenvalue weighted by atomic mass is 32.1. The Morgan fingerprint density at radius 1 is 1.19 bits per heavy atom. The number of hydrogen-bond donors (Lipinski definition) is 2. The van der Waals surface area contributed by atoms with Crippen molar-refractivity contribution in [2.24, 2.45) is 0 Å². The Morgan fingerprint density at radius 3 is 2.42 bits per heavy atom. The highest BCUT2D eigenvalue weighted by molar-refractivity contribution is 7.14. The predicted molar refractivity (Wildman–Crippen MR) is 91.1 cm³/mol. The molecule has 0 unspecified atom stereocenters. The molecular formula is C17H16F3N3O2S. The van der Waals surface area contributed by atoms with Gasteiger partial charge in [0.05, 0.1) is 5.56 Å². The number of thiazole rings is 1. The van der Waals surface area contributed by atoms with Crippen molar-refractivity contribution < 1.29 is 22.8 Å². The van der Waals surface area contributed by atoms with Crippen LogP contribution in [0.15, 0.2) is 29.6 Å². The Hall–Kier alpha value is -2.42. The average molecular weight is 383 g/mol. The van der Waals surface area contributed by atoms with E-state index in [-0.39, 0.29) is 29.5 Å². The highest BCUT2D eigenvalue weighted by Crippen LogP contribution is 2.38. The first-order chi connectivity index (χ1) is 12.2. The number of hydrogen-bond acceptors (Lipinski definition) is 4. The molecule has 9 heteroatoms. The highest BCUT2D eigenvalue weighted by Gasteiger charge is 2.34. The fourth-order valence-electron chi connectivity index (χ4n) is 2.80. The maximum atomic E-state index is 12.6. The molecule has 0 bridgehead atoms. The van der Waals surface area contributed by atoms with Gasteiger partial charge in [0.15, 0.2) is 5.13 Å². The van der Waals surface area contributed by atoms with Gasteiger partial charge >= 0.3 is 6.18 Å². The van der Waals surface area contributed by atoms with Crippen LogP contribution in [0.25, 0.3) is 0 Å². The molecule has 5 nitrogen and oxygen atoms in total. The Morgan fingerprint density at radius 2 is 1.85 bits per heavy atom. The minimum Gasteiger partial charge on any atom is -0.348 e. The number of anilines is 1. The first-order valence-electron chi connectivity index (χ1n) is 7.93. The summed E-state index contributed by atoms with van der Waals surface area (Å²) in [5.41, 5.74) is 0.408. The van der Waals surface area contributed by atoms with Gasteiger partial charge in [0, 0.05) is 18.3 Å². The number of nitrogens with one attached hydrogen (secondary N) is 2. The number of halogens is 3. The average Bonchev–Trinajstić information content (AvgIpc) is 2.97. The summed E-state index contributed by atoms with van der Waals surface area (Å²) in [6.07, 6.45) is -3.00. The summed E-state index contributed by atoms with van der Waals surface area (Å²) >= 11 is 1.16. The molecule has 1 heterocycles. The molecule has 1 fully saturated rings. The largest absolute Gasteiger partial charge is 0.416 e. The van der Waals surface area contributed by atoms with Crippen LogP contribution in [0.1, 0.15) is 47.3 Å². The third-order valence-corrected chi connectivity index (χ3v) is 4.96. The maximum Gasteiger partial charge on any atom is 0.416 e. The standard InChI is InChI=1S/C17H16F3N3O2S/c1-9(24)21-16-23-14(8-26-16)15(25)22-13-6-11(7-13)10-2-4-12(5-3-10)17(18,19)20/h2-5,8,11,13H,6-7H2,1H3,(H,22,25)(H,21,23,24). The number of benzene rings is 1. The van der Waals surface area contributed by atoms with Crippen molar-refractivity contribution in [3.05, 3.63) is 46.5 Å². The normalized spacial score (nSPS) is 19.5. The van der Waals surface area contributed by atoms with Gasteiger partial charge in [0.1, 0.15) is 5.69 Å². The molecule has 1 aromatic carbocycles. The van der Waals surface area contributed by atoms with Crippen molar-refractivity contribution in [3.63, 3.8) is 0 Å². The first-order valence-corrected chi connectivity index (χ1v) is 8.81. The summed E-state index contributed by atoms with van der Waals surface area (Å²) in [7, 11) is 0. The van der Waals surface area contributed by atoms with Crippen molar-refractivity contribution in [2.45, 2.75) is 37.9 Å². The Kier molecular flexibility index (Phi) is 4.99. The monoisotopic (exact) mass is 383 g/mol. The van der Waals surface area contributed by atoms with Crippen LogP contribution in [0.3, 0.4) is 0 Å². The number of aromatic nitrogens is 1. The number of rotatable bonds is 4. The summed E-state index contributed by atoms with van der Waals surface area (Å²) in [4.78, 5) is 27.1. The van der Waals surface area contributed by atoms with Crippen molar-refractivity contribution in [3.8, 4) is 0 Å². The molecule has 0 aliphatic heterocycles. The van der Waals surface area contributed by atoms with E-state index >= 15 is 0 Å². The second-order valence-corrected chi connectivity index (χ2v) is 7.04. The zero-order chi connectivity index (χ0) is 18.9. The summed E-state index contributed by atoms with van der Waals surface area (Å²) in [5.74, 6) is -0.452. The van der Waals surface area contributed by atoms with Gasteiger partial charge in [0.25, 0.3) is 5.91 Å². The van der Waals surface area contributed by atoms with E-state index in [1.165, 1.54) is 19.1 Å². The topological polar surface area (TPSA) is 71.1 Å². The van der Waals surface area contributed by atoms with Crippen LogP contribution < -0.4 is 10.6 Å². The molecule has 1 saturated carbocycles. The van der Waals surface area contributed by atoms with Crippen molar-refractivity contribution in [1.29, 1.82) is 0 Å². The molecule has 0 saturated heterocycles. The molecule has 26 heavy (non-hydrogen) atoms. The number of nitrogens with zero attached hydrogens (tertiary/aromatic N) is 1. The molecule has 138 valence electrons. The van der Waals surface area contributed by atoms with Crippen LogP contribution in [-0.4, -0.2) is 22.8 Å². The lowest BCUT2D eigenvalue weighted by Crippen LogP contribution is -2.43. The number of carbonyl (C=O) groups excluding carboxylic acids is 2. The fraction of sp³-hybridized carbons (Fsp3) is 0.353. The minimum atomic E-state index is -4.34. The molecule has 1 aliphatic carbocycles. The fourth-order valence-corrected chi connectivity index (χ4v) is 3.53. The smallest absolute Gasteiger partial charge is 0.348 e. The van der Waals surface area contributed by atoms with Gasteiger partial charge in [-0.2, -0.15) is 13.2 Å². The van der Waals surface area contributed by atoms with E-state index in [0.29, 0.717) is 18.0 Å². The SMILES string of the molecule is CC(=O)Nc1nc(C(=O)NC2CC(c3ccc(C(F)(F)F)cc3)C2)cs1. The molecule has 1 aromatic heterocycles. The van der Waals surface area contributed by atoms with Crippen LogP contribution in [0, 0.1) is 0 Å². The third-order valence-electron chi connectivity index (χ3n) is 4.20. The van der Waals surface area contributed by atoms with Crippen molar-refractivity contribution >= 4 is 28.3 Å². The Bertz CT molecular complexity index is 811. The van der Waals surface area contributed by atoms with Crippen LogP contribution >= 0.6 is 11.3 Å². The van der Waals surface area contributed by atoms with E-state index in [0.717, 1.165) is 29.0 Å². The molecular weight excluding hydrogens is 367 g/mol. The lowest BCUT2D eigenvalue weighted by molar-refractivity contribution is -0.137. The van der Waals surface area contributed by atoms with E-state index in [2.05, 4.69) is 15.6 Å².